The molecule has 7 aromatic rings. The Bertz CT molecular complexity index is 1970. The van der Waals surface area contributed by atoms with Crippen LogP contribution < -0.4 is 10.6 Å². The minimum absolute atomic E-state index is 1.00. The molecule has 0 aliphatic rings. The van der Waals surface area contributed by atoms with Gasteiger partial charge in [-0.3, -0.25) is 4.40 Å². The van der Waals surface area contributed by atoms with Crippen LogP contribution in [-0.4, -0.2) is 16.0 Å². The highest BCUT2D eigenvalue weighted by atomic mass is 32.4. The lowest BCUT2D eigenvalue weighted by Gasteiger charge is -2.18. The molecule has 5 aromatic carbocycles. The molecule has 0 amide bonds. The van der Waals surface area contributed by atoms with E-state index in [2.05, 4.69) is 126 Å². The predicted octanol–water partition coefficient (Wildman–Crippen LogP) is 7.52. The molecule has 0 saturated carbocycles. The Morgan fingerprint density at radius 2 is 1.22 bits per heavy atom. The van der Waals surface area contributed by atoms with Gasteiger partial charge in [-0.05, 0) is 52.0 Å². The third-order valence-corrected chi connectivity index (χ3v) is 11.0. The van der Waals surface area contributed by atoms with E-state index in [0.29, 0.717) is 0 Å². The fourth-order valence-electron chi connectivity index (χ4n) is 5.29. The maximum Gasteiger partial charge on any atom is 0.146 e. The smallest absolute Gasteiger partial charge is 0.146 e. The fourth-order valence-corrected chi connectivity index (χ4v) is 7.77. The van der Waals surface area contributed by atoms with Gasteiger partial charge in [0.2, 0.25) is 0 Å². The van der Waals surface area contributed by atoms with Crippen LogP contribution in [0.25, 0.3) is 49.5 Å². The number of imidazole rings is 1. The van der Waals surface area contributed by atoms with Crippen molar-refractivity contribution in [1.82, 2.24) is 9.38 Å². The molecule has 172 valence electrons. The van der Waals surface area contributed by atoms with Crippen molar-refractivity contribution in [2.75, 3.05) is 6.66 Å². The lowest BCUT2D eigenvalue weighted by atomic mass is 10.0. The summed E-state index contributed by atoms with van der Waals surface area (Å²) < 4.78 is 2.31. The highest BCUT2D eigenvalue weighted by Gasteiger charge is 2.17. The monoisotopic (exact) mass is 498 g/mol. The summed E-state index contributed by atoms with van der Waals surface area (Å²) in [5, 5.41) is 6.12. The van der Waals surface area contributed by atoms with E-state index in [1.54, 1.807) is 0 Å². The Hall–Kier alpha value is -3.78. The maximum absolute atomic E-state index is 6.13. The van der Waals surface area contributed by atoms with Gasteiger partial charge in [-0.2, -0.15) is 0 Å². The van der Waals surface area contributed by atoms with Crippen LogP contribution >= 0.6 is 6.04 Å². The molecule has 4 heteroatoms. The van der Waals surface area contributed by atoms with Crippen LogP contribution in [0.5, 0.6) is 0 Å². The molecule has 0 radical (unpaired) electrons. The molecule has 0 spiro atoms. The fraction of sp³-hybridized carbons (Fsp3) is 0.0312. The lowest BCUT2D eigenvalue weighted by Crippen LogP contribution is -2.14. The van der Waals surface area contributed by atoms with Crippen molar-refractivity contribution < 1.29 is 0 Å². The number of benzene rings is 5. The van der Waals surface area contributed by atoms with E-state index in [-0.39, 0.29) is 0 Å². The quantitative estimate of drug-likeness (QED) is 0.185. The van der Waals surface area contributed by atoms with Crippen LogP contribution in [0.1, 0.15) is 0 Å². The third-order valence-electron chi connectivity index (χ3n) is 7.20. The van der Waals surface area contributed by atoms with Crippen LogP contribution in [0.15, 0.2) is 121 Å². The van der Waals surface area contributed by atoms with E-state index < -0.39 is 6.04 Å². The maximum atomic E-state index is 6.13. The standard InChI is InChI=1S/C32H23N2PS/c1-35(36,24-9-3-2-4-10-24)25-18-15-22(16-19-25)23-17-20-27-26-11-5-6-12-28(26)32-33-29-13-7-8-14-30(29)34(32)31(27)21-23/h2-21H,1H3. The van der Waals surface area contributed by atoms with Gasteiger partial charge in [0, 0.05) is 16.8 Å². The van der Waals surface area contributed by atoms with Gasteiger partial charge in [0.1, 0.15) is 5.65 Å². The Labute approximate surface area is 214 Å². The number of nitrogens with zero attached hydrogens (tertiary/aromatic N) is 2. The zero-order chi connectivity index (χ0) is 24.3. The average Bonchev–Trinajstić information content (AvgIpc) is 3.34. The van der Waals surface area contributed by atoms with Gasteiger partial charge in [-0.1, -0.05) is 115 Å². The first kappa shape index (κ1) is 21.5. The molecule has 2 heterocycles. The van der Waals surface area contributed by atoms with Crippen molar-refractivity contribution in [2.24, 2.45) is 0 Å². The molecule has 2 aromatic heterocycles. The minimum Gasteiger partial charge on any atom is -0.292 e. The van der Waals surface area contributed by atoms with Gasteiger partial charge in [0.05, 0.1) is 16.6 Å². The second-order valence-corrected chi connectivity index (χ2v) is 14.4. The van der Waals surface area contributed by atoms with E-state index >= 15 is 0 Å². The van der Waals surface area contributed by atoms with Crippen molar-refractivity contribution in [3.63, 3.8) is 0 Å². The highest BCUT2D eigenvalue weighted by Crippen LogP contribution is 2.40. The first-order valence-corrected chi connectivity index (χ1v) is 15.3. The van der Waals surface area contributed by atoms with Crippen molar-refractivity contribution in [3.8, 4) is 11.1 Å². The average molecular weight is 499 g/mol. The van der Waals surface area contributed by atoms with Crippen molar-refractivity contribution in [1.29, 1.82) is 0 Å². The van der Waals surface area contributed by atoms with Crippen LogP contribution in [0.3, 0.4) is 0 Å². The Balaban J connectivity index is 1.43. The summed E-state index contributed by atoms with van der Waals surface area (Å²) >= 11 is 6.13. The second kappa shape index (κ2) is 8.13. The first-order chi connectivity index (χ1) is 17.6. The number of para-hydroxylation sites is 2. The Morgan fingerprint density at radius 3 is 2.03 bits per heavy atom. The van der Waals surface area contributed by atoms with Crippen LogP contribution in [0.2, 0.25) is 0 Å². The summed E-state index contributed by atoms with van der Waals surface area (Å²) in [7, 11) is 0. The first-order valence-electron chi connectivity index (χ1n) is 12.1. The lowest BCUT2D eigenvalue weighted by molar-refractivity contribution is 1.31. The molecule has 1 atom stereocenters. The van der Waals surface area contributed by atoms with Gasteiger partial charge in [-0.25, -0.2) is 4.98 Å². The van der Waals surface area contributed by atoms with Crippen LogP contribution in [0.4, 0.5) is 0 Å². The largest absolute Gasteiger partial charge is 0.292 e. The summed E-state index contributed by atoms with van der Waals surface area (Å²) in [6.45, 7) is 2.22. The summed E-state index contributed by atoms with van der Waals surface area (Å²) in [6, 6.07) is 41.3. The van der Waals surface area contributed by atoms with Gasteiger partial charge < -0.3 is 0 Å². The van der Waals surface area contributed by atoms with E-state index in [9.17, 15) is 0 Å². The SMILES string of the molecule is CP(=S)(c1ccccc1)c1ccc(-c2ccc3c4ccccc4c4nc5ccccc5n4c3c2)cc1. The molecule has 0 saturated heterocycles. The number of pyridine rings is 1. The van der Waals surface area contributed by atoms with Crippen LogP contribution in [0, 0.1) is 0 Å². The van der Waals surface area contributed by atoms with Gasteiger partial charge >= 0.3 is 0 Å². The van der Waals surface area contributed by atoms with Crippen molar-refractivity contribution in [2.45, 2.75) is 0 Å². The number of rotatable bonds is 3. The van der Waals surface area contributed by atoms with Gasteiger partial charge in [-0.15, -0.1) is 0 Å². The summed E-state index contributed by atoms with van der Waals surface area (Å²) in [5.41, 5.74) is 6.69. The molecule has 2 nitrogen and oxygen atoms in total. The van der Waals surface area contributed by atoms with E-state index in [0.717, 1.165) is 16.7 Å². The summed E-state index contributed by atoms with van der Waals surface area (Å²) in [4.78, 5) is 5.02. The number of aromatic nitrogens is 2. The summed E-state index contributed by atoms with van der Waals surface area (Å²) in [6.07, 6.45) is 0. The molecule has 0 aliphatic heterocycles. The molecule has 0 bridgehead atoms. The molecule has 1 unspecified atom stereocenters. The predicted molar refractivity (Wildman–Crippen MR) is 159 cm³/mol. The summed E-state index contributed by atoms with van der Waals surface area (Å²) in [5.74, 6) is 0. The molecule has 7 rings (SSSR count). The van der Waals surface area contributed by atoms with E-state index in [4.69, 9.17) is 16.8 Å². The van der Waals surface area contributed by atoms with Crippen molar-refractivity contribution in [3.05, 3.63) is 121 Å². The Morgan fingerprint density at radius 1 is 0.583 bits per heavy atom. The van der Waals surface area contributed by atoms with E-state index in [1.807, 2.05) is 6.07 Å². The van der Waals surface area contributed by atoms with Crippen LogP contribution in [-0.2, 0) is 11.8 Å². The number of fused-ring (bicyclic) bond motifs is 8. The molecule has 36 heavy (non-hydrogen) atoms. The zero-order valence-corrected chi connectivity index (χ0v) is 21.5. The van der Waals surface area contributed by atoms with Gasteiger partial charge in [0.25, 0.3) is 0 Å². The molecule has 0 fully saturated rings. The third kappa shape index (κ3) is 3.24. The molecular weight excluding hydrogens is 475 g/mol. The zero-order valence-electron chi connectivity index (χ0n) is 19.8. The second-order valence-electron chi connectivity index (χ2n) is 9.34. The highest BCUT2D eigenvalue weighted by molar-refractivity contribution is 8.21. The van der Waals surface area contributed by atoms with Crippen molar-refractivity contribution >= 4 is 66.8 Å². The normalized spacial score (nSPS) is 13.5. The molecule has 0 aliphatic carbocycles. The minimum atomic E-state index is -1.81. The molecular formula is C32H23N2PS. The number of hydrogen-bond donors (Lipinski definition) is 0. The van der Waals surface area contributed by atoms with Gasteiger partial charge in [0.15, 0.2) is 0 Å². The number of hydrogen-bond acceptors (Lipinski definition) is 2. The van der Waals surface area contributed by atoms with E-state index in [1.165, 1.54) is 43.4 Å². The Kier molecular flexibility index (Phi) is 4.86. The topological polar surface area (TPSA) is 17.3 Å². The molecule has 0 N–H and O–H groups in total.